The minimum atomic E-state index is -3.75. The minimum Gasteiger partial charge on any atom is -0.352 e. The Labute approximate surface area is 279 Å². The summed E-state index contributed by atoms with van der Waals surface area (Å²) in [5.41, 5.74) is 1.65. The Hall–Kier alpha value is -2.49. The molecule has 3 aromatic carbocycles. The molecule has 1 atom stereocenters. The van der Waals surface area contributed by atoms with Crippen molar-refractivity contribution in [2.45, 2.75) is 63.6 Å². The van der Waals surface area contributed by atoms with Gasteiger partial charge in [0.2, 0.25) is 21.8 Å². The number of anilines is 1. The zero-order valence-electron chi connectivity index (χ0n) is 24.3. The van der Waals surface area contributed by atoms with Crippen LogP contribution in [0.25, 0.3) is 0 Å². The fourth-order valence-electron chi connectivity index (χ4n) is 5.43. The molecule has 236 valence electrons. The molecule has 1 aliphatic carbocycles. The normalized spacial score (nSPS) is 14.3. The Morgan fingerprint density at radius 3 is 2.20 bits per heavy atom. The molecule has 1 fully saturated rings. The maximum absolute atomic E-state index is 14.1. The number of sulfonamides is 1. The molecule has 1 saturated carbocycles. The maximum atomic E-state index is 14.1. The van der Waals surface area contributed by atoms with E-state index in [2.05, 4.69) is 5.32 Å². The van der Waals surface area contributed by atoms with Crippen LogP contribution in [0.2, 0.25) is 20.1 Å². The molecule has 0 radical (unpaired) electrons. The molecular weight excluding hydrogens is 664 g/mol. The summed E-state index contributed by atoms with van der Waals surface area (Å²) in [6.07, 6.45) is 5.32. The van der Waals surface area contributed by atoms with E-state index in [-0.39, 0.29) is 60.9 Å². The molecule has 2 amide bonds. The molecule has 3 aromatic rings. The van der Waals surface area contributed by atoms with Gasteiger partial charge < -0.3 is 10.2 Å². The van der Waals surface area contributed by atoms with E-state index >= 15 is 0 Å². The number of nitrogens with one attached hydrogen (secondary N) is 1. The van der Waals surface area contributed by atoms with E-state index in [1.54, 1.807) is 24.3 Å². The smallest absolute Gasteiger partial charge is 0.243 e. The molecular formula is C32H35Cl4N3O4S. The minimum absolute atomic E-state index is 0.00282. The molecule has 1 unspecified atom stereocenters. The average Bonchev–Trinajstić information content (AvgIpc) is 3.48. The summed E-state index contributed by atoms with van der Waals surface area (Å²) >= 11 is 25.5. The highest BCUT2D eigenvalue weighted by Crippen LogP contribution is 2.32. The molecule has 1 N–H and O–H groups in total. The van der Waals surface area contributed by atoms with Crippen molar-refractivity contribution in [2.75, 3.05) is 17.1 Å². The first-order chi connectivity index (χ1) is 20.9. The second-order valence-corrected chi connectivity index (χ2v) is 14.5. The average molecular weight is 700 g/mol. The summed E-state index contributed by atoms with van der Waals surface area (Å²) in [5.74, 6) is -0.588. The van der Waals surface area contributed by atoms with Crippen molar-refractivity contribution in [2.24, 2.45) is 0 Å². The third-order valence-corrected chi connectivity index (χ3v) is 10.1. The van der Waals surface area contributed by atoms with Crippen LogP contribution in [0.5, 0.6) is 0 Å². The number of rotatable bonds is 13. The Kier molecular flexibility index (Phi) is 12.3. The lowest BCUT2D eigenvalue weighted by Crippen LogP contribution is -2.52. The monoisotopic (exact) mass is 697 g/mol. The number of hydrogen-bond donors (Lipinski definition) is 1. The standard InChI is InChI=1S/C32H35Cl4N3O4S/c1-44(42,43)39(29-20-23(33)16-17-28(29)36)18-8-15-31(40)38(21-25-26(34)13-7-14-27(25)35)30(19-22-9-3-2-4-10-22)32(41)37-24-11-5-6-12-24/h2-4,7,9-10,13-14,16-17,20,24,30H,5-6,8,11-12,15,18-19,21H2,1H3,(H,37,41). The van der Waals surface area contributed by atoms with Crippen molar-refractivity contribution < 1.29 is 18.0 Å². The van der Waals surface area contributed by atoms with Gasteiger partial charge in [-0.25, -0.2) is 8.42 Å². The van der Waals surface area contributed by atoms with Crippen LogP contribution in [0.3, 0.4) is 0 Å². The number of nitrogens with zero attached hydrogens (tertiary/aromatic N) is 2. The highest BCUT2D eigenvalue weighted by molar-refractivity contribution is 7.92. The maximum Gasteiger partial charge on any atom is 0.243 e. The Bertz CT molecular complexity index is 1550. The Balaban J connectivity index is 1.63. The van der Waals surface area contributed by atoms with Gasteiger partial charge in [0.1, 0.15) is 6.04 Å². The predicted molar refractivity (Wildman–Crippen MR) is 179 cm³/mol. The second kappa shape index (κ2) is 15.7. The van der Waals surface area contributed by atoms with E-state index in [9.17, 15) is 18.0 Å². The fourth-order valence-corrected chi connectivity index (χ4v) is 7.36. The number of carbonyl (C=O) groups excluding carboxylic acids is 2. The molecule has 0 heterocycles. The van der Waals surface area contributed by atoms with Gasteiger partial charge in [-0.2, -0.15) is 0 Å². The van der Waals surface area contributed by atoms with Gasteiger partial charge in [-0.3, -0.25) is 13.9 Å². The Morgan fingerprint density at radius 2 is 1.57 bits per heavy atom. The zero-order chi connectivity index (χ0) is 31.9. The lowest BCUT2D eigenvalue weighted by atomic mass is 10.0. The van der Waals surface area contributed by atoms with E-state index in [1.165, 1.54) is 17.0 Å². The number of halogens is 4. The van der Waals surface area contributed by atoms with E-state index in [0.29, 0.717) is 20.6 Å². The van der Waals surface area contributed by atoms with Crippen molar-refractivity contribution >= 4 is 73.9 Å². The van der Waals surface area contributed by atoms with Crippen LogP contribution in [-0.2, 0) is 32.6 Å². The molecule has 1 aliphatic rings. The number of amides is 2. The molecule has 12 heteroatoms. The van der Waals surface area contributed by atoms with Gasteiger partial charge in [0, 0.05) is 52.6 Å². The first-order valence-corrected chi connectivity index (χ1v) is 17.8. The van der Waals surface area contributed by atoms with E-state index < -0.39 is 16.1 Å². The SMILES string of the molecule is CS(=O)(=O)N(CCCC(=O)N(Cc1c(Cl)cccc1Cl)C(Cc1ccccc1)C(=O)NC1CCCC1)c1cc(Cl)ccc1Cl. The summed E-state index contributed by atoms with van der Waals surface area (Å²) in [5, 5.41) is 4.46. The lowest BCUT2D eigenvalue weighted by Gasteiger charge is -2.33. The second-order valence-electron chi connectivity index (χ2n) is 11.0. The summed E-state index contributed by atoms with van der Waals surface area (Å²) in [6, 6.07) is 18.4. The van der Waals surface area contributed by atoms with Crippen LogP contribution in [0.1, 0.15) is 49.7 Å². The number of hydrogen-bond acceptors (Lipinski definition) is 4. The highest BCUT2D eigenvalue weighted by Gasteiger charge is 2.33. The van der Waals surface area contributed by atoms with Crippen molar-refractivity contribution in [1.29, 1.82) is 0 Å². The molecule has 0 saturated heterocycles. The molecule has 0 bridgehead atoms. The van der Waals surface area contributed by atoms with Gasteiger partial charge in [0.15, 0.2) is 0 Å². The van der Waals surface area contributed by atoms with Gasteiger partial charge in [-0.05, 0) is 55.2 Å². The van der Waals surface area contributed by atoms with Crippen LogP contribution in [-0.4, -0.2) is 50.0 Å². The molecule has 0 spiro atoms. The zero-order valence-corrected chi connectivity index (χ0v) is 28.2. The van der Waals surface area contributed by atoms with Crippen molar-refractivity contribution in [3.63, 3.8) is 0 Å². The van der Waals surface area contributed by atoms with Crippen LogP contribution in [0.4, 0.5) is 5.69 Å². The van der Waals surface area contributed by atoms with Crippen LogP contribution >= 0.6 is 46.4 Å². The van der Waals surface area contributed by atoms with Crippen molar-refractivity contribution in [1.82, 2.24) is 10.2 Å². The summed E-state index contributed by atoms with van der Waals surface area (Å²) < 4.78 is 26.6. The van der Waals surface area contributed by atoms with Crippen LogP contribution in [0, 0.1) is 0 Å². The topological polar surface area (TPSA) is 86.8 Å². The van der Waals surface area contributed by atoms with Crippen molar-refractivity contribution in [3.8, 4) is 0 Å². The quantitative estimate of drug-likeness (QED) is 0.200. The molecule has 4 rings (SSSR count). The largest absolute Gasteiger partial charge is 0.352 e. The Morgan fingerprint density at radius 1 is 0.909 bits per heavy atom. The van der Waals surface area contributed by atoms with Crippen molar-refractivity contribution in [3.05, 3.63) is 97.9 Å². The van der Waals surface area contributed by atoms with Gasteiger partial charge in [-0.15, -0.1) is 0 Å². The molecule has 0 aromatic heterocycles. The van der Waals surface area contributed by atoms with Crippen LogP contribution in [0.15, 0.2) is 66.7 Å². The number of carbonyl (C=O) groups is 2. The van der Waals surface area contributed by atoms with Gasteiger partial charge >= 0.3 is 0 Å². The van der Waals surface area contributed by atoms with Gasteiger partial charge in [0.05, 0.1) is 17.0 Å². The van der Waals surface area contributed by atoms with Gasteiger partial charge in [0.25, 0.3) is 0 Å². The lowest BCUT2D eigenvalue weighted by molar-refractivity contribution is -0.141. The summed E-state index contributed by atoms with van der Waals surface area (Å²) in [6.45, 7) is -0.0220. The third-order valence-electron chi connectivity index (χ3n) is 7.69. The fraction of sp³-hybridized carbons (Fsp3) is 0.375. The highest BCUT2D eigenvalue weighted by atomic mass is 35.5. The van der Waals surface area contributed by atoms with Crippen LogP contribution < -0.4 is 9.62 Å². The predicted octanol–water partition coefficient (Wildman–Crippen LogP) is 7.55. The molecule has 0 aliphatic heterocycles. The van der Waals surface area contributed by atoms with E-state index in [4.69, 9.17) is 46.4 Å². The summed E-state index contributed by atoms with van der Waals surface area (Å²) in [4.78, 5) is 29.5. The summed E-state index contributed by atoms with van der Waals surface area (Å²) in [7, 11) is -3.75. The van der Waals surface area contributed by atoms with Gasteiger partial charge in [-0.1, -0.05) is 95.6 Å². The first kappa shape index (κ1) is 34.4. The molecule has 7 nitrogen and oxygen atoms in total. The number of benzene rings is 3. The molecule has 44 heavy (non-hydrogen) atoms. The van der Waals surface area contributed by atoms with E-state index in [1.807, 2.05) is 30.3 Å². The first-order valence-electron chi connectivity index (χ1n) is 14.4. The van der Waals surface area contributed by atoms with E-state index in [0.717, 1.165) is 41.8 Å². The third kappa shape index (κ3) is 9.27.